The Hall–Kier alpha value is -3.68. The van der Waals surface area contributed by atoms with Crippen LogP contribution in [0.25, 0.3) is 22.6 Å². The van der Waals surface area contributed by atoms with Crippen molar-refractivity contribution in [1.82, 2.24) is 25.1 Å². The molecule has 2 heterocycles. The zero-order valence-corrected chi connectivity index (χ0v) is 16.6. The first-order valence-electron chi connectivity index (χ1n) is 9.09. The molecule has 0 fully saturated rings. The largest absolute Gasteiger partial charge is 0.573 e. The number of aromatic nitrogens is 4. The van der Waals surface area contributed by atoms with Crippen LogP contribution >= 0.6 is 0 Å². The number of carbonyl (C=O) groups is 1. The molecule has 14 heteroatoms. The highest BCUT2D eigenvalue weighted by molar-refractivity contribution is 5.93. The van der Waals surface area contributed by atoms with E-state index in [0.717, 1.165) is 18.2 Å². The van der Waals surface area contributed by atoms with E-state index >= 15 is 0 Å². The van der Waals surface area contributed by atoms with Gasteiger partial charge in [-0.05, 0) is 30.3 Å². The van der Waals surface area contributed by atoms with Gasteiger partial charge in [0.25, 0.3) is 5.91 Å². The number of aliphatic hydroxyl groups excluding tert-OH is 1. The number of hydrogen-bond donors (Lipinski definition) is 2. The molecule has 1 aromatic carbocycles. The summed E-state index contributed by atoms with van der Waals surface area (Å²) in [5.41, 5.74) is 0.426. The third-order valence-electron chi connectivity index (χ3n) is 4.14. The first-order valence-corrected chi connectivity index (χ1v) is 9.09. The highest BCUT2D eigenvalue weighted by Gasteiger charge is 2.38. The molecule has 0 saturated carbocycles. The van der Waals surface area contributed by atoms with Crippen LogP contribution in [0.2, 0.25) is 0 Å². The zero-order valence-electron chi connectivity index (χ0n) is 16.6. The number of hydrogen-bond acceptors (Lipinski definition) is 6. The van der Waals surface area contributed by atoms with E-state index in [1.54, 1.807) is 7.05 Å². The minimum Gasteiger partial charge on any atom is -0.406 e. The Labute approximate surface area is 181 Å². The number of benzene rings is 1. The summed E-state index contributed by atoms with van der Waals surface area (Å²) >= 11 is 0. The van der Waals surface area contributed by atoms with Crippen LogP contribution in [0.15, 0.2) is 42.7 Å². The molecule has 0 aliphatic carbocycles. The minimum absolute atomic E-state index is 0.00209. The zero-order chi connectivity index (χ0) is 24.4. The van der Waals surface area contributed by atoms with Crippen LogP contribution in [0.3, 0.4) is 0 Å². The van der Waals surface area contributed by atoms with E-state index in [4.69, 9.17) is 5.11 Å². The monoisotopic (exact) mass is 475 g/mol. The topological polar surface area (TPSA) is 102 Å². The summed E-state index contributed by atoms with van der Waals surface area (Å²) in [7, 11) is 1.61. The van der Waals surface area contributed by atoms with Crippen molar-refractivity contribution in [3.8, 4) is 28.4 Å². The molecular weight excluding hydrogens is 460 g/mol. The molecule has 1 atom stereocenters. The number of nitrogens with zero attached hydrogens (tertiary/aromatic N) is 4. The van der Waals surface area contributed by atoms with Crippen LogP contribution in [0.5, 0.6) is 5.75 Å². The maximum absolute atomic E-state index is 12.5. The Balaban J connectivity index is 1.94. The molecule has 3 aromatic rings. The van der Waals surface area contributed by atoms with Crippen molar-refractivity contribution in [2.45, 2.75) is 18.6 Å². The quantitative estimate of drug-likeness (QED) is 0.532. The van der Waals surface area contributed by atoms with Crippen LogP contribution in [-0.2, 0) is 7.05 Å². The third-order valence-corrected chi connectivity index (χ3v) is 4.14. The van der Waals surface area contributed by atoms with Crippen molar-refractivity contribution in [3.63, 3.8) is 0 Å². The number of carbonyl (C=O) groups excluding carboxylic acids is 1. The van der Waals surface area contributed by atoms with Gasteiger partial charge in [-0.3, -0.25) is 9.48 Å². The molecule has 8 nitrogen and oxygen atoms in total. The van der Waals surface area contributed by atoms with E-state index in [2.05, 4.69) is 19.8 Å². The number of aryl methyl sites for hydroxylation is 1. The van der Waals surface area contributed by atoms with Crippen LogP contribution in [0, 0.1) is 0 Å². The molecule has 2 aromatic heterocycles. The Morgan fingerprint density at radius 2 is 1.79 bits per heavy atom. The Morgan fingerprint density at radius 1 is 1.12 bits per heavy atom. The molecule has 0 saturated heterocycles. The number of amides is 1. The second-order valence-electron chi connectivity index (χ2n) is 6.70. The second-order valence-corrected chi connectivity index (χ2v) is 6.70. The lowest BCUT2D eigenvalue weighted by Crippen LogP contribution is -2.40. The molecule has 0 radical (unpaired) electrons. The highest BCUT2D eigenvalue weighted by atomic mass is 19.4. The second kappa shape index (κ2) is 9.05. The third kappa shape index (κ3) is 6.41. The maximum Gasteiger partial charge on any atom is 0.573 e. The number of halogens is 6. The highest BCUT2D eigenvalue weighted by Crippen LogP contribution is 2.27. The Morgan fingerprint density at radius 3 is 2.33 bits per heavy atom. The van der Waals surface area contributed by atoms with E-state index in [1.807, 2.05) is 5.32 Å². The fourth-order valence-corrected chi connectivity index (χ4v) is 2.60. The van der Waals surface area contributed by atoms with Gasteiger partial charge in [0.15, 0.2) is 11.9 Å². The van der Waals surface area contributed by atoms with E-state index in [9.17, 15) is 31.1 Å². The molecule has 0 aliphatic heterocycles. The van der Waals surface area contributed by atoms with Gasteiger partial charge >= 0.3 is 12.5 Å². The Bertz CT molecular complexity index is 1130. The van der Waals surface area contributed by atoms with Crippen molar-refractivity contribution >= 4 is 5.91 Å². The number of alkyl halides is 6. The molecule has 1 unspecified atom stereocenters. The van der Waals surface area contributed by atoms with E-state index < -0.39 is 36.8 Å². The molecule has 33 heavy (non-hydrogen) atoms. The summed E-state index contributed by atoms with van der Waals surface area (Å²) in [6.07, 6.45) is -9.67. The van der Waals surface area contributed by atoms with Gasteiger partial charge in [0, 0.05) is 18.8 Å². The molecular formula is C19H15F6N5O3. The van der Waals surface area contributed by atoms with Gasteiger partial charge in [0.1, 0.15) is 11.4 Å². The predicted molar refractivity (Wildman–Crippen MR) is 101 cm³/mol. The molecule has 3 rings (SSSR count). The van der Waals surface area contributed by atoms with E-state index in [1.165, 1.54) is 29.2 Å². The predicted octanol–water partition coefficient (Wildman–Crippen LogP) is 3.10. The normalized spacial score (nSPS) is 13.0. The fraction of sp³-hybridized carbons (Fsp3) is 0.263. The smallest absolute Gasteiger partial charge is 0.406 e. The van der Waals surface area contributed by atoms with Crippen LogP contribution < -0.4 is 10.1 Å². The first kappa shape index (κ1) is 24.0. The summed E-state index contributed by atoms with van der Waals surface area (Å²) in [4.78, 5) is 20.7. The summed E-state index contributed by atoms with van der Waals surface area (Å²) in [5, 5.41) is 15.0. The first-order chi connectivity index (χ1) is 15.3. The lowest BCUT2D eigenvalue weighted by molar-refractivity contribution is -0.274. The van der Waals surface area contributed by atoms with Gasteiger partial charge in [-0.25, -0.2) is 9.97 Å². The van der Waals surface area contributed by atoms with E-state index in [-0.39, 0.29) is 22.8 Å². The Kier molecular flexibility index (Phi) is 6.58. The fourth-order valence-electron chi connectivity index (χ4n) is 2.60. The molecule has 0 bridgehead atoms. The van der Waals surface area contributed by atoms with Crippen LogP contribution in [0.4, 0.5) is 26.3 Å². The van der Waals surface area contributed by atoms with Crippen molar-refractivity contribution in [3.05, 3.63) is 48.4 Å². The molecule has 176 valence electrons. The molecule has 2 N–H and O–H groups in total. The van der Waals surface area contributed by atoms with Crippen molar-refractivity contribution < 1.29 is 41.0 Å². The van der Waals surface area contributed by atoms with Crippen LogP contribution in [-0.4, -0.2) is 55.9 Å². The van der Waals surface area contributed by atoms with Gasteiger partial charge < -0.3 is 15.2 Å². The lowest BCUT2D eigenvalue weighted by Gasteiger charge is -2.15. The van der Waals surface area contributed by atoms with Gasteiger partial charge in [0.2, 0.25) is 0 Å². The summed E-state index contributed by atoms with van der Waals surface area (Å²) in [6, 6.07) is 5.73. The number of nitrogens with one attached hydrogen (secondary N) is 1. The van der Waals surface area contributed by atoms with Crippen molar-refractivity contribution in [2.24, 2.45) is 7.05 Å². The molecule has 0 spiro atoms. The minimum atomic E-state index is -4.93. The van der Waals surface area contributed by atoms with Gasteiger partial charge in [-0.1, -0.05) is 0 Å². The van der Waals surface area contributed by atoms with Crippen LogP contribution in [0.1, 0.15) is 10.5 Å². The van der Waals surface area contributed by atoms with Gasteiger partial charge in [-0.15, -0.1) is 13.2 Å². The number of aliphatic hydroxyl groups is 1. The molecule has 1 amide bonds. The SMILES string of the molecule is Cn1cc(-c2nc(C(=O)NCC(O)C(F)(F)F)cc(-c3ccc(OC(F)(F)F)cc3)n2)cn1. The molecule has 0 aliphatic rings. The lowest BCUT2D eigenvalue weighted by atomic mass is 10.1. The average molecular weight is 475 g/mol. The van der Waals surface area contributed by atoms with E-state index in [0.29, 0.717) is 5.56 Å². The van der Waals surface area contributed by atoms with Crippen molar-refractivity contribution in [1.29, 1.82) is 0 Å². The number of rotatable bonds is 6. The summed E-state index contributed by atoms with van der Waals surface area (Å²) in [5.74, 6) is -1.51. The van der Waals surface area contributed by atoms with Gasteiger partial charge in [-0.2, -0.15) is 18.3 Å². The standard InChI is InChI=1S/C19H15F6N5O3/c1-30-9-11(7-27-30)16-28-13(10-2-4-12(5-3-10)33-19(23,24)25)6-14(29-16)17(32)26-8-15(31)18(20,21)22/h2-7,9,15,31H,8H2,1H3,(H,26,32). The average Bonchev–Trinajstić information content (AvgIpc) is 3.16. The van der Waals surface area contributed by atoms with Crippen molar-refractivity contribution in [2.75, 3.05) is 6.54 Å². The number of ether oxygens (including phenoxy) is 1. The van der Waals surface area contributed by atoms with Gasteiger partial charge in [0.05, 0.1) is 24.0 Å². The summed E-state index contributed by atoms with van der Waals surface area (Å²) < 4.78 is 79.8. The maximum atomic E-state index is 12.5. The summed E-state index contributed by atoms with van der Waals surface area (Å²) in [6.45, 7) is -1.10.